The summed E-state index contributed by atoms with van der Waals surface area (Å²) in [5, 5.41) is 11.5. The van der Waals surface area contributed by atoms with Gasteiger partial charge in [0.25, 0.3) is 11.7 Å². The van der Waals surface area contributed by atoms with Crippen LogP contribution in [0.2, 0.25) is 5.02 Å². The molecule has 3 aromatic rings. The summed E-state index contributed by atoms with van der Waals surface area (Å²) in [7, 11) is 0. The molecule has 1 atom stereocenters. The van der Waals surface area contributed by atoms with E-state index in [1.807, 2.05) is 19.1 Å². The van der Waals surface area contributed by atoms with E-state index in [-0.39, 0.29) is 11.3 Å². The molecule has 150 valence electrons. The number of hydrogen-bond donors (Lipinski definition) is 1. The third-order valence-electron chi connectivity index (χ3n) is 5.06. The van der Waals surface area contributed by atoms with Crippen LogP contribution < -0.4 is 4.90 Å². The second-order valence-corrected chi connectivity index (χ2v) is 7.50. The lowest BCUT2D eigenvalue weighted by molar-refractivity contribution is -0.132. The molecule has 1 amide bonds. The fraction of sp³-hybridized carbons (Fsp3) is 0.0833. The molecule has 3 aromatic carbocycles. The smallest absolute Gasteiger partial charge is 0.300 e. The number of carbonyl (C=O) groups is 2. The Balaban J connectivity index is 1.93. The van der Waals surface area contributed by atoms with Gasteiger partial charge in [-0.05, 0) is 48.9 Å². The second kappa shape index (κ2) is 7.76. The van der Waals surface area contributed by atoms with Crippen LogP contribution in [0.1, 0.15) is 22.7 Å². The molecule has 4 nitrogen and oxygen atoms in total. The number of aryl methyl sites for hydroxylation is 1. The van der Waals surface area contributed by atoms with Gasteiger partial charge in [-0.2, -0.15) is 0 Å². The highest BCUT2D eigenvalue weighted by atomic mass is 35.5. The Morgan fingerprint density at radius 2 is 1.53 bits per heavy atom. The number of ketones is 1. The Kier molecular flexibility index (Phi) is 5.14. The molecular weight excluding hydrogens is 405 g/mol. The van der Waals surface area contributed by atoms with Crippen LogP contribution in [0.3, 0.4) is 0 Å². The van der Waals surface area contributed by atoms with Gasteiger partial charge in [0, 0.05) is 16.3 Å². The summed E-state index contributed by atoms with van der Waals surface area (Å²) in [5.41, 5.74) is 2.33. The summed E-state index contributed by atoms with van der Waals surface area (Å²) in [6.45, 7) is 1.91. The van der Waals surface area contributed by atoms with Gasteiger partial charge in [0.05, 0.1) is 11.6 Å². The topological polar surface area (TPSA) is 57.6 Å². The molecule has 6 heteroatoms. The van der Waals surface area contributed by atoms with Gasteiger partial charge in [0.2, 0.25) is 0 Å². The van der Waals surface area contributed by atoms with E-state index in [0.29, 0.717) is 21.8 Å². The van der Waals surface area contributed by atoms with Gasteiger partial charge in [-0.15, -0.1) is 0 Å². The first-order valence-electron chi connectivity index (χ1n) is 9.26. The molecule has 1 heterocycles. The summed E-state index contributed by atoms with van der Waals surface area (Å²) in [6.07, 6.45) is 0. The monoisotopic (exact) mass is 421 g/mol. The zero-order chi connectivity index (χ0) is 21.4. The molecule has 0 aliphatic carbocycles. The van der Waals surface area contributed by atoms with Crippen molar-refractivity contribution in [1.82, 2.24) is 0 Å². The highest BCUT2D eigenvalue weighted by Gasteiger charge is 2.46. The quantitative estimate of drug-likeness (QED) is 0.349. The van der Waals surface area contributed by atoms with E-state index in [1.165, 1.54) is 29.2 Å². The Bertz CT molecular complexity index is 1150. The van der Waals surface area contributed by atoms with Crippen molar-refractivity contribution in [3.05, 3.63) is 106 Å². The van der Waals surface area contributed by atoms with Crippen molar-refractivity contribution < 1.29 is 19.1 Å². The van der Waals surface area contributed by atoms with Crippen LogP contribution in [-0.2, 0) is 9.59 Å². The van der Waals surface area contributed by atoms with Crippen LogP contribution in [-0.4, -0.2) is 16.8 Å². The average Bonchev–Trinajstić information content (AvgIpc) is 3.00. The van der Waals surface area contributed by atoms with Gasteiger partial charge in [-0.25, -0.2) is 4.39 Å². The van der Waals surface area contributed by atoms with Crippen molar-refractivity contribution >= 4 is 34.7 Å². The van der Waals surface area contributed by atoms with Crippen LogP contribution in [0.25, 0.3) is 5.76 Å². The molecule has 0 spiro atoms. The molecule has 1 saturated heterocycles. The summed E-state index contributed by atoms with van der Waals surface area (Å²) in [5.74, 6) is -2.33. The highest BCUT2D eigenvalue weighted by Crippen LogP contribution is 2.42. The molecular formula is C24H17ClFNO3. The number of halogens is 2. The molecule has 0 bridgehead atoms. The van der Waals surface area contributed by atoms with Crippen molar-refractivity contribution in [1.29, 1.82) is 0 Å². The molecule has 30 heavy (non-hydrogen) atoms. The van der Waals surface area contributed by atoms with Gasteiger partial charge in [0.1, 0.15) is 11.6 Å². The summed E-state index contributed by atoms with van der Waals surface area (Å²) >= 11 is 6.01. The van der Waals surface area contributed by atoms with Crippen LogP contribution in [0, 0.1) is 12.7 Å². The number of aliphatic hydroxyl groups excluding tert-OH is 1. The van der Waals surface area contributed by atoms with Crippen LogP contribution in [0.5, 0.6) is 0 Å². The minimum atomic E-state index is -0.881. The lowest BCUT2D eigenvalue weighted by atomic mass is 9.95. The predicted molar refractivity (Wildman–Crippen MR) is 114 cm³/mol. The molecule has 0 aromatic heterocycles. The number of anilines is 1. The largest absolute Gasteiger partial charge is 0.507 e. The maximum Gasteiger partial charge on any atom is 0.300 e. The number of Topliss-reactive ketones (excluding diaryl/α,β-unsaturated/α-hetero) is 1. The van der Waals surface area contributed by atoms with E-state index in [1.54, 1.807) is 36.4 Å². The minimum absolute atomic E-state index is 0.0319. The molecule has 1 aliphatic heterocycles. The molecule has 1 aliphatic rings. The summed E-state index contributed by atoms with van der Waals surface area (Å²) in [4.78, 5) is 27.2. The Morgan fingerprint density at radius 1 is 0.933 bits per heavy atom. The SMILES string of the molecule is Cc1ccc(/C(O)=C2\C(=O)C(=O)N(c3ccc(F)cc3)[C@@H]2c2ccc(Cl)cc2)cc1. The molecule has 0 radical (unpaired) electrons. The zero-order valence-corrected chi connectivity index (χ0v) is 16.7. The highest BCUT2D eigenvalue weighted by molar-refractivity contribution is 6.51. The third-order valence-corrected chi connectivity index (χ3v) is 5.31. The van der Waals surface area contributed by atoms with E-state index in [4.69, 9.17) is 11.6 Å². The fourth-order valence-electron chi connectivity index (χ4n) is 3.53. The maximum absolute atomic E-state index is 13.4. The summed E-state index contributed by atoms with van der Waals surface area (Å²) in [6, 6.07) is 18.1. The molecule has 1 fully saturated rings. The normalized spacial score (nSPS) is 18.1. The molecule has 1 N–H and O–H groups in total. The fourth-order valence-corrected chi connectivity index (χ4v) is 3.65. The van der Waals surface area contributed by atoms with Crippen molar-refractivity contribution in [3.63, 3.8) is 0 Å². The average molecular weight is 422 g/mol. The third kappa shape index (κ3) is 3.48. The molecule has 0 saturated carbocycles. The number of aliphatic hydroxyl groups is 1. The van der Waals surface area contributed by atoms with Gasteiger partial charge >= 0.3 is 0 Å². The Hall–Kier alpha value is -3.44. The van der Waals surface area contributed by atoms with Crippen molar-refractivity contribution in [3.8, 4) is 0 Å². The Morgan fingerprint density at radius 3 is 2.13 bits per heavy atom. The number of benzene rings is 3. The van der Waals surface area contributed by atoms with Gasteiger partial charge in [-0.1, -0.05) is 53.6 Å². The van der Waals surface area contributed by atoms with Crippen molar-refractivity contribution in [2.75, 3.05) is 4.90 Å². The van der Waals surface area contributed by atoms with Crippen molar-refractivity contribution in [2.45, 2.75) is 13.0 Å². The number of hydrogen-bond acceptors (Lipinski definition) is 3. The lowest BCUT2D eigenvalue weighted by Gasteiger charge is -2.25. The zero-order valence-electron chi connectivity index (χ0n) is 16.0. The van der Waals surface area contributed by atoms with E-state index in [2.05, 4.69) is 0 Å². The molecule has 4 rings (SSSR count). The van der Waals surface area contributed by atoms with E-state index in [0.717, 1.165) is 5.56 Å². The first-order chi connectivity index (χ1) is 14.4. The van der Waals surface area contributed by atoms with Gasteiger partial charge in [-0.3, -0.25) is 14.5 Å². The molecule has 0 unspecified atom stereocenters. The van der Waals surface area contributed by atoms with E-state index < -0.39 is 23.5 Å². The first kappa shape index (κ1) is 19.9. The number of nitrogens with zero attached hydrogens (tertiary/aromatic N) is 1. The number of carbonyl (C=O) groups excluding carboxylic acids is 2. The lowest BCUT2D eigenvalue weighted by Crippen LogP contribution is -2.29. The van der Waals surface area contributed by atoms with Gasteiger partial charge < -0.3 is 5.11 Å². The van der Waals surface area contributed by atoms with Gasteiger partial charge in [0.15, 0.2) is 0 Å². The van der Waals surface area contributed by atoms with E-state index >= 15 is 0 Å². The van der Waals surface area contributed by atoms with Crippen molar-refractivity contribution in [2.24, 2.45) is 0 Å². The number of rotatable bonds is 3. The second-order valence-electron chi connectivity index (χ2n) is 7.06. The predicted octanol–water partition coefficient (Wildman–Crippen LogP) is 5.41. The van der Waals surface area contributed by atoms with E-state index in [9.17, 15) is 19.1 Å². The standard InChI is InChI=1S/C24H17ClFNO3/c1-14-2-4-16(5-3-14)22(28)20-21(15-6-8-17(25)9-7-15)27(24(30)23(20)29)19-12-10-18(26)11-13-19/h2-13,21,28H,1H3/b22-20+/t21-/m1/s1. The maximum atomic E-state index is 13.4. The first-order valence-corrected chi connectivity index (χ1v) is 9.63. The van der Waals surface area contributed by atoms with Crippen LogP contribution >= 0.6 is 11.6 Å². The minimum Gasteiger partial charge on any atom is -0.507 e. The van der Waals surface area contributed by atoms with Crippen LogP contribution in [0.15, 0.2) is 78.4 Å². The Labute approximate surface area is 177 Å². The number of amides is 1. The van der Waals surface area contributed by atoms with Crippen LogP contribution in [0.4, 0.5) is 10.1 Å². The summed E-state index contributed by atoms with van der Waals surface area (Å²) < 4.78 is 13.4.